The van der Waals surface area contributed by atoms with E-state index in [1.807, 2.05) is 12.1 Å². The number of likely N-dealkylation sites (tertiary alicyclic amines) is 2. The summed E-state index contributed by atoms with van der Waals surface area (Å²) in [6.45, 7) is 6.77. The zero-order valence-corrected chi connectivity index (χ0v) is 15.8. The molecule has 1 spiro atoms. The number of nitrogens with zero attached hydrogens (tertiary/aromatic N) is 3. The first-order chi connectivity index (χ1) is 13.2. The van der Waals surface area contributed by atoms with E-state index < -0.39 is 0 Å². The number of para-hydroxylation sites is 1. The van der Waals surface area contributed by atoms with E-state index in [9.17, 15) is 0 Å². The van der Waals surface area contributed by atoms with E-state index in [0.717, 1.165) is 24.5 Å². The maximum atomic E-state index is 5.55. The summed E-state index contributed by atoms with van der Waals surface area (Å²) in [4.78, 5) is 9.76. The topological polar surface area (TPSA) is 28.6 Å². The van der Waals surface area contributed by atoms with E-state index in [1.165, 1.54) is 42.7 Å². The highest BCUT2D eigenvalue weighted by Crippen LogP contribution is 2.41. The van der Waals surface area contributed by atoms with Crippen LogP contribution in [0.25, 0.3) is 10.9 Å². The number of methoxy groups -OCH3 is 1. The minimum atomic E-state index is 0.506. The van der Waals surface area contributed by atoms with Crippen LogP contribution in [0.3, 0.4) is 0 Å². The second kappa shape index (κ2) is 6.63. The molecule has 5 rings (SSSR count). The summed E-state index contributed by atoms with van der Waals surface area (Å²) >= 11 is 0. The Labute approximate surface area is 160 Å². The molecule has 0 unspecified atom stereocenters. The molecule has 3 aromatic rings. The van der Waals surface area contributed by atoms with E-state index in [-0.39, 0.29) is 0 Å². The molecule has 2 aliphatic rings. The van der Waals surface area contributed by atoms with Gasteiger partial charge in [-0.1, -0.05) is 48.5 Å². The van der Waals surface area contributed by atoms with E-state index in [0.29, 0.717) is 5.41 Å². The first-order valence-corrected chi connectivity index (χ1v) is 9.64. The maximum Gasteiger partial charge on any atom is 0.218 e. The van der Waals surface area contributed by atoms with Crippen LogP contribution in [0.1, 0.15) is 11.1 Å². The Bertz CT molecular complexity index is 942. The average Bonchev–Trinajstić information content (AvgIpc) is 2.64. The van der Waals surface area contributed by atoms with Crippen molar-refractivity contribution < 1.29 is 4.74 Å². The monoisotopic (exact) mass is 359 g/mol. The van der Waals surface area contributed by atoms with Gasteiger partial charge in [-0.3, -0.25) is 9.80 Å². The van der Waals surface area contributed by atoms with Crippen LogP contribution in [-0.2, 0) is 13.1 Å². The highest BCUT2D eigenvalue weighted by molar-refractivity contribution is 5.80. The molecule has 27 heavy (non-hydrogen) atoms. The van der Waals surface area contributed by atoms with Crippen LogP contribution in [0.2, 0.25) is 0 Å². The van der Waals surface area contributed by atoms with Gasteiger partial charge < -0.3 is 4.74 Å². The number of hydrogen-bond donors (Lipinski definition) is 0. The molecule has 0 aliphatic carbocycles. The van der Waals surface area contributed by atoms with E-state index in [1.54, 1.807) is 7.11 Å². The van der Waals surface area contributed by atoms with Crippen LogP contribution in [-0.4, -0.2) is 48.1 Å². The van der Waals surface area contributed by atoms with Crippen LogP contribution in [0.4, 0.5) is 0 Å². The van der Waals surface area contributed by atoms with Crippen molar-refractivity contribution in [3.63, 3.8) is 0 Å². The standard InChI is InChI=1S/C23H25N3O/c1-27-22-20(11-19-9-5-6-10-21(19)24-22)13-26-16-23(17-26)14-25(15-23)12-18-7-3-2-4-8-18/h2-11H,12-17H2,1H3. The van der Waals surface area contributed by atoms with Gasteiger partial charge in [-0.05, 0) is 17.7 Å². The third-order valence-electron chi connectivity index (χ3n) is 5.84. The Morgan fingerprint density at radius 1 is 0.889 bits per heavy atom. The van der Waals surface area contributed by atoms with Crippen molar-refractivity contribution in [3.8, 4) is 5.88 Å². The van der Waals surface area contributed by atoms with Crippen LogP contribution in [0, 0.1) is 5.41 Å². The lowest BCUT2D eigenvalue weighted by atomic mass is 9.72. The number of ether oxygens (including phenoxy) is 1. The Morgan fingerprint density at radius 2 is 1.56 bits per heavy atom. The molecule has 3 heterocycles. The quantitative estimate of drug-likeness (QED) is 0.696. The molecule has 0 saturated carbocycles. The van der Waals surface area contributed by atoms with Gasteiger partial charge in [0.15, 0.2) is 0 Å². The number of fused-ring (bicyclic) bond motifs is 1. The fraction of sp³-hybridized carbons (Fsp3) is 0.348. The highest BCUT2D eigenvalue weighted by Gasteiger charge is 2.51. The van der Waals surface area contributed by atoms with Crippen molar-refractivity contribution >= 4 is 10.9 Å². The lowest BCUT2D eigenvalue weighted by molar-refractivity contribution is -0.121. The number of benzene rings is 2. The molecule has 0 radical (unpaired) electrons. The molecule has 0 amide bonds. The number of pyridine rings is 1. The van der Waals surface area contributed by atoms with E-state index in [2.05, 4.69) is 63.3 Å². The van der Waals surface area contributed by atoms with E-state index >= 15 is 0 Å². The van der Waals surface area contributed by atoms with E-state index in [4.69, 9.17) is 4.74 Å². The second-order valence-corrected chi connectivity index (χ2v) is 8.13. The molecule has 0 bridgehead atoms. The molecule has 4 heteroatoms. The fourth-order valence-electron chi connectivity index (χ4n) is 4.74. The molecule has 0 atom stereocenters. The fourth-order valence-corrected chi connectivity index (χ4v) is 4.74. The van der Waals surface area contributed by atoms with Crippen molar-refractivity contribution in [2.24, 2.45) is 5.41 Å². The predicted octanol–water partition coefficient (Wildman–Crippen LogP) is 3.56. The molecule has 4 nitrogen and oxygen atoms in total. The van der Waals surface area contributed by atoms with Crippen LogP contribution < -0.4 is 4.74 Å². The molecular formula is C23H25N3O. The summed E-state index contributed by atoms with van der Waals surface area (Å²) in [6.07, 6.45) is 0. The molecular weight excluding hydrogens is 334 g/mol. The van der Waals surface area contributed by atoms with Gasteiger partial charge in [0.1, 0.15) is 0 Å². The van der Waals surface area contributed by atoms with Gasteiger partial charge in [-0.25, -0.2) is 4.98 Å². The summed E-state index contributed by atoms with van der Waals surface area (Å²) in [7, 11) is 1.71. The molecule has 138 valence electrons. The highest BCUT2D eigenvalue weighted by atomic mass is 16.5. The molecule has 0 N–H and O–H groups in total. The van der Waals surface area contributed by atoms with Gasteiger partial charge in [0.05, 0.1) is 12.6 Å². The Balaban J connectivity index is 1.20. The molecule has 2 fully saturated rings. The van der Waals surface area contributed by atoms with Crippen molar-refractivity contribution in [3.05, 3.63) is 71.8 Å². The van der Waals surface area contributed by atoms with Gasteiger partial charge in [-0.15, -0.1) is 0 Å². The van der Waals surface area contributed by atoms with Crippen molar-refractivity contribution in [2.45, 2.75) is 13.1 Å². The normalized spacial score (nSPS) is 19.0. The van der Waals surface area contributed by atoms with Gasteiger partial charge in [0, 0.05) is 55.6 Å². The molecule has 2 aliphatic heterocycles. The number of rotatable bonds is 5. The first-order valence-electron chi connectivity index (χ1n) is 9.64. The van der Waals surface area contributed by atoms with Gasteiger partial charge in [0.25, 0.3) is 0 Å². The Kier molecular flexibility index (Phi) is 4.10. The summed E-state index contributed by atoms with van der Waals surface area (Å²) in [5.74, 6) is 0.758. The Morgan fingerprint density at radius 3 is 2.30 bits per heavy atom. The van der Waals surface area contributed by atoms with Crippen LogP contribution in [0.15, 0.2) is 60.7 Å². The number of aromatic nitrogens is 1. The lowest BCUT2D eigenvalue weighted by Crippen LogP contribution is -2.71. The predicted molar refractivity (Wildman–Crippen MR) is 108 cm³/mol. The van der Waals surface area contributed by atoms with Crippen LogP contribution in [0.5, 0.6) is 5.88 Å². The minimum Gasteiger partial charge on any atom is -0.481 e. The zero-order valence-electron chi connectivity index (χ0n) is 15.8. The maximum absolute atomic E-state index is 5.55. The van der Waals surface area contributed by atoms with Gasteiger partial charge >= 0.3 is 0 Å². The third-order valence-corrected chi connectivity index (χ3v) is 5.84. The molecule has 2 saturated heterocycles. The molecule has 1 aromatic heterocycles. The Hall–Kier alpha value is -2.43. The zero-order chi connectivity index (χ0) is 18.3. The van der Waals surface area contributed by atoms with Gasteiger partial charge in [-0.2, -0.15) is 0 Å². The second-order valence-electron chi connectivity index (χ2n) is 8.13. The smallest absolute Gasteiger partial charge is 0.218 e. The SMILES string of the molecule is COc1nc2ccccc2cc1CN1CC2(CN(Cc3ccccc3)C2)C1. The van der Waals surface area contributed by atoms with Crippen molar-refractivity contribution in [1.82, 2.24) is 14.8 Å². The largest absolute Gasteiger partial charge is 0.481 e. The average molecular weight is 359 g/mol. The summed E-state index contributed by atoms with van der Waals surface area (Å²) in [6, 6.07) is 21.2. The first kappa shape index (κ1) is 16.7. The summed E-state index contributed by atoms with van der Waals surface area (Å²) in [5, 5.41) is 1.18. The van der Waals surface area contributed by atoms with Crippen LogP contribution >= 0.6 is 0 Å². The third kappa shape index (κ3) is 3.20. The van der Waals surface area contributed by atoms with Crippen molar-refractivity contribution in [2.75, 3.05) is 33.3 Å². The summed E-state index contributed by atoms with van der Waals surface area (Å²) < 4.78 is 5.55. The summed E-state index contributed by atoms with van der Waals surface area (Å²) in [5.41, 5.74) is 4.10. The van der Waals surface area contributed by atoms with Crippen molar-refractivity contribution in [1.29, 1.82) is 0 Å². The molecule has 2 aromatic carbocycles. The number of hydrogen-bond acceptors (Lipinski definition) is 4. The van der Waals surface area contributed by atoms with Gasteiger partial charge in [0.2, 0.25) is 5.88 Å². The minimum absolute atomic E-state index is 0.506. The lowest BCUT2D eigenvalue weighted by Gasteiger charge is -2.60.